The van der Waals surface area contributed by atoms with Crippen LogP contribution in [0.2, 0.25) is 10.0 Å². The Hall–Kier alpha value is -1.65. The van der Waals surface area contributed by atoms with Gasteiger partial charge in [-0.3, -0.25) is 9.98 Å². The van der Waals surface area contributed by atoms with E-state index in [1.165, 1.54) is 6.21 Å². The van der Waals surface area contributed by atoms with Crippen molar-refractivity contribution in [1.82, 2.24) is 4.98 Å². The van der Waals surface area contributed by atoms with Crippen LogP contribution in [-0.2, 0) is 0 Å². The van der Waals surface area contributed by atoms with Crippen LogP contribution in [0.1, 0.15) is 5.56 Å². The van der Waals surface area contributed by atoms with Crippen LogP contribution >= 0.6 is 23.2 Å². The molecule has 2 N–H and O–H groups in total. The SMILES string of the molecule is Nc1ccncc1C=Nc1c(Cl)cc(F)cc1Cl. The molecule has 0 saturated carbocycles. The number of nitrogens with zero attached hydrogens (tertiary/aromatic N) is 2. The van der Waals surface area contributed by atoms with E-state index in [0.717, 1.165) is 12.1 Å². The van der Waals surface area contributed by atoms with Crippen LogP contribution in [-0.4, -0.2) is 11.2 Å². The Kier molecular flexibility index (Phi) is 3.79. The molecule has 2 aromatic rings. The van der Waals surface area contributed by atoms with Crippen LogP contribution in [0.25, 0.3) is 0 Å². The monoisotopic (exact) mass is 283 g/mol. The number of nitrogens with two attached hydrogens (primary N) is 1. The van der Waals surface area contributed by atoms with Crippen molar-refractivity contribution in [2.24, 2.45) is 4.99 Å². The summed E-state index contributed by atoms with van der Waals surface area (Å²) in [6.45, 7) is 0. The van der Waals surface area contributed by atoms with E-state index in [-0.39, 0.29) is 10.0 Å². The zero-order chi connectivity index (χ0) is 13.1. The fraction of sp³-hybridized carbons (Fsp3) is 0. The highest BCUT2D eigenvalue weighted by molar-refractivity contribution is 6.38. The molecule has 1 aromatic heterocycles. The van der Waals surface area contributed by atoms with Crippen LogP contribution in [0.3, 0.4) is 0 Å². The summed E-state index contributed by atoms with van der Waals surface area (Å²) in [6.07, 6.45) is 4.61. The molecule has 0 saturated heterocycles. The lowest BCUT2D eigenvalue weighted by Gasteiger charge is -2.02. The van der Waals surface area contributed by atoms with E-state index < -0.39 is 5.82 Å². The van der Waals surface area contributed by atoms with Crippen molar-refractivity contribution >= 4 is 40.8 Å². The lowest BCUT2D eigenvalue weighted by molar-refractivity contribution is 0.628. The third-order valence-corrected chi connectivity index (χ3v) is 2.78. The maximum absolute atomic E-state index is 13.0. The lowest BCUT2D eigenvalue weighted by Crippen LogP contribution is -1.93. The van der Waals surface area contributed by atoms with Crippen LogP contribution < -0.4 is 5.73 Å². The predicted octanol–water partition coefficient (Wildman–Crippen LogP) is 3.86. The van der Waals surface area contributed by atoms with Gasteiger partial charge < -0.3 is 5.73 Å². The Balaban J connectivity index is 2.38. The zero-order valence-electron chi connectivity index (χ0n) is 9.07. The third kappa shape index (κ3) is 2.78. The Labute approximate surface area is 113 Å². The number of nitrogen functional groups attached to an aromatic ring is 1. The molecule has 0 amide bonds. The first kappa shape index (κ1) is 12.8. The van der Waals surface area contributed by atoms with Gasteiger partial charge in [0.15, 0.2) is 0 Å². The summed E-state index contributed by atoms with van der Waals surface area (Å²) in [7, 11) is 0. The quantitative estimate of drug-likeness (QED) is 0.851. The first-order chi connectivity index (χ1) is 8.58. The number of aromatic nitrogens is 1. The summed E-state index contributed by atoms with van der Waals surface area (Å²) in [4.78, 5) is 8.02. The Morgan fingerprint density at radius 3 is 2.56 bits per heavy atom. The molecule has 0 aliphatic heterocycles. The Bertz CT molecular complexity index is 591. The lowest BCUT2D eigenvalue weighted by atomic mass is 10.2. The first-order valence-corrected chi connectivity index (χ1v) is 5.71. The number of halogens is 3. The van der Waals surface area contributed by atoms with E-state index in [0.29, 0.717) is 16.9 Å². The van der Waals surface area contributed by atoms with E-state index >= 15 is 0 Å². The normalized spacial score (nSPS) is 11.1. The summed E-state index contributed by atoms with van der Waals surface area (Å²) >= 11 is 11.7. The second-order valence-corrected chi connectivity index (χ2v) is 4.30. The van der Waals surface area contributed by atoms with Crippen molar-refractivity contribution < 1.29 is 4.39 Å². The predicted molar refractivity (Wildman–Crippen MR) is 72.3 cm³/mol. The van der Waals surface area contributed by atoms with E-state index in [1.807, 2.05) is 0 Å². The summed E-state index contributed by atoms with van der Waals surface area (Å²) in [5.74, 6) is -0.509. The second kappa shape index (κ2) is 5.33. The summed E-state index contributed by atoms with van der Waals surface area (Å²) in [6, 6.07) is 3.94. The van der Waals surface area contributed by atoms with Gasteiger partial charge >= 0.3 is 0 Å². The highest BCUT2D eigenvalue weighted by Gasteiger charge is 2.07. The fourth-order valence-corrected chi connectivity index (χ4v) is 1.88. The number of rotatable bonds is 2. The van der Waals surface area contributed by atoms with E-state index in [2.05, 4.69) is 9.98 Å². The molecule has 2 rings (SSSR count). The standard InChI is InChI=1S/C12H8Cl2FN3/c13-9-3-8(15)4-10(14)12(9)18-6-7-5-17-2-1-11(7)16/h1-6H,(H2,16,17). The average Bonchev–Trinajstić information content (AvgIpc) is 2.30. The molecular weight excluding hydrogens is 276 g/mol. The molecule has 3 nitrogen and oxygen atoms in total. The minimum atomic E-state index is -0.509. The molecule has 0 radical (unpaired) electrons. The molecule has 0 fully saturated rings. The van der Waals surface area contributed by atoms with Gasteiger partial charge in [0.2, 0.25) is 0 Å². The topological polar surface area (TPSA) is 51.3 Å². The van der Waals surface area contributed by atoms with Crippen molar-refractivity contribution in [2.45, 2.75) is 0 Å². The van der Waals surface area contributed by atoms with Crippen molar-refractivity contribution in [1.29, 1.82) is 0 Å². The molecule has 6 heteroatoms. The van der Waals surface area contributed by atoms with Crippen LogP contribution in [0.4, 0.5) is 15.8 Å². The van der Waals surface area contributed by atoms with E-state index in [4.69, 9.17) is 28.9 Å². The molecule has 0 aliphatic carbocycles. The van der Waals surface area contributed by atoms with E-state index in [9.17, 15) is 4.39 Å². The highest BCUT2D eigenvalue weighted by Crippen LogP contribution is 2.33. The zero-order valence-corrected chi connectivity index (χ0v) is 10.6. The van der Waals surface area contributed by atoms with Gasteiger partial charge in [-0.05, 0) is 18.2 Å². The first-order valence-electron chi connectivity index (χ1n) is 4.96. The molecule has 92 valence electrons. The Morgan fingerprint density at radius 2 is 1.94 bits per heavy atom. The number of benzene rings is 1. The van der Waals surface area contributed by atoms with E-state index in [1.54, 1.807) is 18.5 Å². The van der Waals surface area contributed by atoms with Gasteiger partial charge in [-0.2, -0.15) is 0 Å². The van der Waals surface area contributed by atoms with Crippen LogP contribution in [0, 0.1) is 5.82 Å². The number of pyridine rings is 1. The number of anilines is 1. The van der Waals surface area contributed by atoms with Gasteiger partial charge in [-0.1, -0.05) is 23.2 Å². The minimum absolute atomic E-state index is 0.138. The Morgan fingerprint density at radius 1 is 1.28 bits per heavy atom. The molecule has 0 atom stereocenters. The van der Waals surface area contributed by atoms with Crippen molar-refractivity contribution in [3.63, 3.8) is 0 Å². The van der Waals surface area contributed by atoms with Gasteiger partial charge in [-0.15, -0.1) is 0 Å². The molecule has 0 aliphatic rings. The molecule has 1 aromatic carbocycles. The average molecular weight is 284 g/mol. The fourth-order valence-electron chi connectivity index (χ4n) is 1.32. The van der Waals surface area contributed by atoms with Gasteiger partial charge in [0, 0.05) is 29.9 Å². The minimum Gasteiger partial charge on any atom is -0.398 e. The van der Waals surface area contributed by atoms with Crippen LogP contribution in [0.5, 0.6) is 0 Å². The second-order valence-electron chi connectivity index (χ2n) is 3.48. The molecule has 0 bridgehead atoms. The number of hydrogen-bond acceptors (Lipinski definition) is 3. The van der Waals surface area contributed by atoms with Gasteiger partial charge in [0.25, 0.3) is 0 Å². The largest absolute Gasteiger partial charge is 0.398 e. The smallest absolute Gasteiger partial charge is 0.126 e. The van der Waals surface area contributed by atoms with Crippen molar-refractivity contribution in [3.05, 3.63) is 52.0 Å². The van der Waals surface area contributed by atoms with Crippen molar-refractivity contribution in [3.8, 4) is 0 Å². The summed E-state index contributed by atoms with van der Waals surface area (Å²) in [5.41, 5.74) is 7.19. The number of hydrogen-bond donors (Lipinski definition) is 1. The third-order valence-electron chi connectivity index (χ3n) is 2.20. The molecule has 18 heavy (non-hydrogen) atoms. The summed E-state index contributed by atoms with van der Waals surface area (Å²) < 4.78 is 13.0. The molecule has 0 spiro atoms. The highest BCUT2D eigenvalue weighted by atomic mass is 35.5. The van der Waals surface area contributed by atoms with Gasteiger partial charge in [0.1, 0.15) is 11.5 Å². The maximum atomic E-state index is 13.0. The summed E-state index contributed by atoms with van der Waals surface area (Å²) in [5, 5.41) is 0.275. The molecular formula is C12H8Cl2FN3. The number of aliphatic imine (C=N–C) groups is 1. The molecule has 0 unspecified atom stereocenters. The maximum Gasteiger partial charge on any atom is 0.126 e. The van der Waals surface area contributed by atoms with Gasteiger partial charge in [-0.25, -0.2) is 4.39 Å². The molecule has 1 heterocycles. The van der Waals surface area contributed by atoms with Crippen molar-refractivity contribution in [2.75, 3.05) is 5.73 Å². The van der Waals surface area contributed by atoms with Gasteiger partial charge in [0.05, 0.1) is 10.0 Å². The van der Waals surface area contributed by atoms with Crippen LogP contribution in [0.15, 0.2) is 35.6 Å².